The molecule has 7 heteroatoms. The third-order valence-corrected chi connectivity index (χ3v) is 5.74. The van der Waals surface area contributed by atoms with Crippen LogP contribution in [0.5, 0.6) is 0 Å². The number of piperidine rings is 1. The van der Waals surface area contributed by atoms with Gasteiger partial charge < -0.3 is 14.8 Å². The number of nitrogens with zero attached hydrogens (tertiary/aromatic N) is 5. The standard InChI is InChI=1S/C18H22N6O/c1-12-4-8-24(17(25)18(10-19)5-6-18)9-14(12)23(2)16-13-3-7-20-15(13)21-11-22-16/h3,7,11-12,14H,4-6,8-9H2,1-2H3,(H,20,21,22). The highest BCUT2D eigenvalue weighted by Crippen LogP contribution is 2.47. The molecule has 3 heterocycles. The maximum Gasteiger partial charge on any atom is 0.243 e. The van der Waals surface area contributed by atoms with E-state index >= 15 is 0 Å². The second kappa shape index (κ2) is 5.73. The van der Waals surface area contributed by atoms with Crippen LogP contribution in [0.15, 0.2) is 18.6 Å². The zero-order chi connectivity index (χ0) is 17.6. The first-order chi connectivity index (χ1) is 12.1. The van der Waals surface area contributed by atoms with Crippen LogP contribution < -0.4 is 4.90 Å². The van der Waals surface area contributed by atoms with Gasteiger partial charge in [-0.3, -0.25) is 4.79 Å². The van der Waals surface area contributed by atoms with E-state index in [1.54, 1.807) is 6.33 Å². The quantitative estimate of drug-likeness (QED) is 0.924. The van der Waals surface area contributed by atoms with Gasteiger partial charge in [0.25, 0.3) is 0 Å². The number of nitrogens with one attached hydrogen (secondary N) is 1. The zero-order valence-electron chi connectivity index (χ0n) is 14.6. The molecule has 2 aliphatic rings. The molecule has 25 heavy (non-hydrogen) atoms. The van der Waals surface area contributed by atoms with Crippen molar-refractivity contribution in [1.82, 2.24) is 19.9 Å². The minimum Gasteiger partial charge on any atom is -0.354 e. The number of fused-ring (bicyclic) bond motifs is 1. The number of amides is 1. The fourth-order valence-electron chi connectivity index (χ4n) is 3.84. The molecule has 4 rings (SSSR count). The van der Waals surface area contributed by atoms with Gasteiger partial charge in [0.05, 0.1) is 17.5 Å². The number of rotatable bonds is 3. The number of hydrogen-bond donors (Lipinski definition) is 1. The van der Waals surface area contributed by atoms with Crippen molar-refractivity contribution in [2.75, 3.05) is 25.0 Å². The number of likely N-dealkylation sites (N-methyl/N-ethyl adjacent to an activating group) is 1. The Morgan fingerprint density at radius 2 is 2.28 bits per heavy atom. The average molecular weight is 338 g/mol. The van der Waals surface area contributed by atoms with Crippen LogP contribution in [0.2, 0.25) is 0 Å². The van der Waals surface area contributed by atoms with Gasteiger partial charge in [-0.05, 0) is 31.2 Å². The van der Waals surface area contributed by atoms with Crippen molar-refractivity contribution in [3.8, 4) is 6.07 Å². The molecule has 2 unspecified atom stereocenters. The number of nitriles is 1. The molecule has 0 spiro atoms. The summed E-state index contributed by atoms with van der Waals surface area (Å²) in [6.07, 6.45) is 5.76. The van der Waals surface area contributed by atoms with E-state index in [-0.39, 0.29) is 11.9 Å². The molecule has 130 valence electrons. The van der Waals surface area contributed by atoms with Gasteiger partial charge in [0.2, 0.25) is 5.91 Å². The molecule has 7 nitrogen and oxygen atoms in total. The number of aromatic amines is 1. The van der Waals surface area contributed by atoms with Crippen molar-refractivity contribution in [3.63, 3.8) is 0 Å². The fraction of sp³-hybridized carbons (Fsp3) is 0.556. The van der Waals surface area contributed by atoms with Crippen LogP contribution in [0, 0.1) is 22.7 Å². The van der Waals surface area contributed by atoms with Gasteiger partial charge in [0, 0.05) is 26.3 Å². The van der Waals surface area contributed by atoms with Crippen molar-refractivity contribution >= 4 is 22.8 Å². The number of anilines is 1. The van der Waals surface area contributed by atoms with Crippen LogP contribution in [0.3, 0.4) is 0 Å². The van der Waals surface area contributed by atoms with Crippen molar-refractivity contribution < 1.29 is 4.79 Å². The Morgan fingerprint density at radius 3 is 3.00 bits per heavy atom. The van der Waals surface area contributed by atoms with Gasteiger partial charge in [-0.15, -0.1) is 0 Å². The summed E-state index contributed by atoms with van der Waals surface area (Å²) in [6, 6.07) is 4.37. The summed E-state index contributed by atoms with van der Waals surface area (Å²) in [5.41, 5.74) is 0.0710. The van der Waals surface area contributed by atoms with E-state index in [0.29, 0.717) is 25.3 Å². The number of carbonyl (C=O) groups excluding carboxylic acids is 1. The van der Waals surface area contributed by atoms with Crippen molar-refractivity contribution in [1.29, 1.82) is 5.26 Å². The molecule has 1 aliphatic carbocycles. The van der Waals surface area contributed by atoms with Gasteiger partial charge >= 0.3 is 0 Å². The van der Waals surface area contributed by atoms with Gasteiger partial charge in [-0.2, -0.15) is 5.26 Å². The normalized spacial score (nSPS) is 24.8. The first kappa shape index (κ1) is 15.9. The molecule has 1 amide bonds. The Kier molecular flexibility index (Phi) is 3.64. The highest BCUT2D eigenvalue weighted by molar-refractivity contribution is 5.89. The second-order valence-corrected chi connectivity index (χ2v) is 7.33. The Hall–Kier alpha value is -2.62. The largest absolute Gasteiger partial charge is 0.354 e. The van der Waals surface area contributed by atoms with E-state index in [0.717, 1.165) is 29.8 Å². The first-order valence-corrected chi connectivity index (χ1v) is 8.77. The second-order valence-electron chi connectivity index (χ2n) is 7.33. The smallest absolute Gasteiger partial charge is 0.243 e. The maximum atomic E-state index is 12.8. The number of hydrogen-bond acceptors (Lipinski definition) is 5. The summed E-state index contributed by atoms with van der Waals surface area (Å²) >= 11 is 0. The summed E-state index contributed by atoms with van der Waals surface area (Å²) in [6.45, 7) is 3.59. The van der Waals surface area contributed by atoms with E-state index in [9.17, 15) is 10.1 Å². The van der Waals surface area contributed by atoms with Crippen LogP contribution in [0.1, 0.15) is 26.2 Å². The zero-order valence-corrected chi connectivity index (χ0v) is 14.6. The van der Waals surface area contributed by atoms with Crippen LogP contribution in [0.25, 0.3) is 11.0 Å². The predicted molar refractivity (Wildman–Crippen MR) is 93.7 cm³/mol. The molecule has 1 N–H and O–H groups in total. The summed E-state index contributed by atoms with van der Waals surface area (Å²) in [5.74, 6) is 1.32. The molecule has 2 atom stereocenters. The number of carbonyl (C=O) groups is 1. The lowest BCUT2D eigenvalue weighted by molar-refractivity contribution is -0.136. The fourth-order valence-corrected chi connectivity index (χ4v) is 3.84. The van der Waals surface area contributed by atoms with E-state index in [1.165, 1.54) is 0 Å². The average Bonchev–Trinajstić information content (AvgIpc) is 3.29. The minimum absolute atomic E-state index is 0.00905. The third kappa shape index (κ3) is 2.53. The summed E-state index contributed by atoms with van der Waals surface area (Å²) in [7, 11) is 2.03. The van der Waals surface area contributed by atoms with Gasteiger partial charge in [0.15, 0.2) is 0 Å². The lowest BCUT2D eigenvalue weighted by atomic mass is 9.91. The Balaban J connectivity index is 1.59. The maximum absolute atomic E-state index is 12.8. The summed E-state index contributed by atoms with van der Waals surface area (Å²) < 4.78 is 0. The molecule has 0 bridgehead atoms. The Bertz CT molecular complexity index is 849. The lowest BCUT2D eigenvalue weighted by Gasteiger charge is -2.42. The molecule has 0 aromatic carbocycles. The van der Waals surface area contributed by atoms with Gasteiger partial charge in [-0.25, -0.2) is 9.97 Å². The molecular formula is C18H22N6O. The Labute approximate surface area is 146 Å². The monoisotopic (exact) mass is 338 g/mol. The molecule has 2 fully saturated rings. The molecule has 0 radical (unpaired) electrons. The number of likely N-dealkylation sites (tertiary alicyclic amines) is 1. The molecule has 1 saturated carbocycles. The summed E-state index contributed by atoms with van der Waals surface area (Å²) in [4.78, 5) is 28.6. The summed E-state index contributed by atoms with van der Waals surface area (Å²) in [5, 5.41) is 10.3. The van der Waals surface area contributed by atoms with Crippen molar-refractivity contribution in [2.24, 2.45) is 11.3 Å². The first-order valence-electron chi connectivity index (χ1n) is 8.77. The van der Waals surface area contributed by atoms with Gasteiger partial charge in [0.1, 0.15) is 23.2 Å². The van der Waals surface area contributed by atoms with Crippen LogP contribution in [0.4, 0.5) is 5.82 Å². The molecule has 1 aliphatic heterocycles. The van der Waals surface area contributed by atoms with Gasteiger partial charge in [-0.1, -0.05) is 6.92 Å². The Morgan fingerprint density at radius 1 is 1.48 bits per heavy atom. The minimum atomic E-state index is -0.744. The van der Waals surface area contributed by atoms with Crippen LogP contribution in [-0.2, 0) is 4.79 Å². The topological polar surface area (TPSA) is 88.9 Å². The lowest BCUT2D eigenvalue weighted by Crippen LogP contribution is -2.54. The van der Waals surface area contributed by atoms with E-state index < -0.39 is 5.41 Å². The SMILES string of the molecule is CC1CCN(C(=O)C2(C#N)CC2)CC1N(C)c1ncnc2[nH]ccc12. The molecule has 1 saturated heterocycles. The highest BCUT2D eigenvalue weighted by atomic mass is 16.2. The number of aromatic nitrogens is 3. The van der Waals surface area contributed by atoms with E-state index in [2.05, 4.69) is 32.8 Å². The van der Waals surface area contributed by atoms with Crippen molar-refractivity contribution in [2.45, 2.75) is 32.2 Å². The molecule has 2 aromatic heterocycles. The third-order valence-electron chi connectivity index (χ3n) is 5.74. The van der Waals surface area contributed by atoms with Crippen molar-refractivity contribution in [3.05, 3.63) is 18.6 Å². The van der Waals surface area contributed by atoms with Crippen LogP contribution in [-0.4, -0.2) is 51.9 Å². The van der Waals surface area contributed by atoms with E-state index in [4.69, 9.17) is 0 Å². The number of H-pyrrole nitrogens is 1. The van der Waals surface area contributed by atoms with E-state index in [1.807, 2.05) is 24.2 Å². The predicted octanol–water partition coefficient (Wildman–Crippen LogP) is 1.93. The molecular weight excluding hydrogens is 316 g/mol. The van der Waals surface area contributed by atoms with Crippen LogP contribution >= 0.6 is 0 Å². The highest BCUT2D eigenvalue weighted by Gasteiger charge is 2.53. The molecule has 2 aromatic rings.